The highest BCUT2D eigenvalue weighted by molar-refractivity contribution is 5.86. The maximum absolute atomic E-state index is 11.8. The van der Waals surface area contributed by atoms with Gasteiger partial charge in [0, 0.05) is 19.2 Å². The molecule has 1 amide bonds. The molecule has 0 saturated carbocycles. The summed E-state index contributed by atoms with van der Waals surface area (Å²) >= 11 is 0. The van der Waals surface area contributed by atoms with E-state index in [2.05, 4.69) is 17.1 Å². The zero-order valence-corrected chi connectivity index (χ0v) is 9.75. The predicted octanol–water partition coefficient (Wildman–Crippen LogP) is -0.829. The van der Waals surface area contributed by atoms with Gasteiger partial charge in [0.05, 0.1) is 6.61 Å². The molecule has 3 N–H and O–H groups in total. The zero-order chi connectivity index (χ0) is 11.5. The van der Waals surface area contributed by atoms with Gasteiger partial charge in [-0.05, 0) is 27.4 Å². The molecular formula is C10H21N3O2. The second kappa shape index (κ2) is 4.92. The van der Waals surface area contributed by atoms with Crippen LogP contribution in [0.4, 0.5) is 0 Å². The van der Waals surface area contributed by atoms with E-state index in [0.29, 0.717) is 32.2 Å². The molecule has 0 bridgehead atoms. The van der Waals surface area contributed by atoms with Crippen LogP contribution in [0.2, 0.25) is 0 Å². The van der Waals surface area contributed by atoms with Crippen molar-refractivity contribution in [3.8, 4) is 0 Å². The van der Waals surface area contributed by atoms with E-state index in [1.54, 1.807) is 0 Å². The third kappa shape index (κ3) is 3.15. The molecule has 0 radical (unpaired) electrons. The summed E-state index contributed by atoms with van der Waals surface area (Å²) in [7, 11) is 3.96. The van der Waals surface area contributed by atoms with Crippen LogP contribution in [-0.4, -0.2) is 56.2 Å². The van der Waals surface area contributed by atoms with Crippen LogP contribution in [0.5, 0.6) is 0 Å². The van der Waals surface area contributed by atoms with Crippen LogP contribution in [0.3, 0.4) is 0 Å². The van der Waals surface area contributed by atoms with Crippen LogP contribution < -0.4 is 11.1 Å². The Morgan fingerprint density at radius 2 is 2.33 bits per heavy atom. The van der Waals surface area contributed by atoms with E-state index < -0.39 is 5.54 Å². The number of ether oxygens (including phenoxy) is 1. The number of hydrogen-bond acceptors (Lipinski definition) is 4. The molecule has 1 heterocycles. The number of nitrogens with zero attached hydrogens (tertiary/aromatic N) is 1. The molecular weight excluding hydrogens is 194 g/mol. The molecule has 2 unspecified atom stereocenters. The smallest absolute Gasteiger partial charge is 0.242 e. The van der Waals surface area contributed by atoms with Crippen LogP contribution in [0.1, 0.15) is 13.3 Å². The van der Waals surface area contributed by atoms with E-state index in [-0.39, 0.29) is 5.91 Å². The maximum atomic E-state index is 11.8. The molecule has 0 aliphatic carbocycles. The Bertz CT molecular complexity index is 225. The van der Waals surface area contributed by atoms with Gasteiger partial charge in [0.1, 0.15) is 5.54 Å². The number of rotatable bonds is 4. The zero-order valence-electron chi connectivity index (χ0n) is 9.75. The fraction of sp³-hybridized carbons (Fsp3) is 0.900. The fourth-order valence-corrected chi connectivity index (χ4v) is 1.36. The number of hydrogen-bond donors (Lipinski definition) is 2. The van der Waals surface area contributed by atoms with Crippen molar-refractivity contribution in [2.45, 2.75) is 24.9 Å². The summed E-state index contributed by atoms with van der Waals surface area (Å²) in [5.74, 6) is -0.103. The Hall–Kier alpha value is -0.650. The molecule has 5 heteroatoms. The molecule has 0 aromatic carbocycles. The van der Waals surface area contributed by atoms with Gasteiger partial charge in [0.25, 0.3) is 0 Å². The lowest BCUT2D eigenvalue weighted by molar-refractivity contribution is -0.126. The topological polar surface area (TPSA) is 67.6 Å². The van der Waals surface area contributed by atoms with Crippen molar-refractivity contribution >= 4 is 5.91 Å². The summed E-state index contributed by atoms with van der Waals surface area (Å²) < 4.78 is 5.14. The average Bonchev–Trinajstić information content (AvgIpc) is 2.62. The highest BCUT2D eigenvalue weighted by Crippen LogP contribution is 2.15. The first-order chi connectivity index (χ1) is 6.96. The van der Waals surface area contributed by atoms with E-state index >= 15 is 0 Å². The lowest BCUT2D eigenvalue weighted by atomic mass is 9.99. The average molecular weight is 215 g/mol. The first-order valence-corrected chi connectivity index (χ1v) is 5.27. The lowest BCUT2D eigenvalue weighted by Gasteiger charge is -2.24. The third-order valence-electron chi connectivity index (χ3n) is 2.94. The quantitative estimate of drug-likeness (QED) is 0.642. The van der Waals surface area contributed by atoms with Gasteiger partial charge in [0.2, 0.25) is 5.91 Å². The molecule has 1 saturated heterocycles. The van der Waals surface area contributed by atoms with Gasteiger partial charge in [-0.1, -0.05) is 0 Å². The van der Waals surface area contributed by atoms with E-state index in [0.717, 1.165) is 0 Å². The van der Waals surface area contributed by atoms with Crippen LogP contribution >= 0.6 is 0 Å². The second-order valence-corrected chi connectivity index (χ2v) is 4.48. The molecule has 1 rings (SSSR count). The predicted molar refractivity (Wildman–Crippen MR) is 58.5 cm³/mol. The molecule has 0 spiro atoms. The summed E-state index contributed by atoms with van der Waals surface area (Å²) in [6, 6.07) is 0.305. The monoisotopic (exact) mass is 215 g/mol. The normalized spacial score (nSPS) is 28.1. The number of amides is 1. The van der Waals surface area contributed by atoms with Crippen molar-refractivity contribution in [3.05, 3.63) is 0 Å². The molecule has 15 heavy (non-hydrogen) atoms. The van der Waals surface area contributed by atoms with Gasteiger partial charge < -0.3 is 20.7 Å². The Labute approximate surface area is 90.9 Å². The minimum atomic E-state index is -0.813. The largest absolute Gasteiger partial charge is 0.379 e. The van der Waals surface area contributed by atoms with Crippen molar-refractivity contribution < 1.29 is 9.53 Å². The van der Waals surface area contributed by atoms with Gasteiger partial charge in [-0.3, -0.25) is 4.79 Å². The van der Waals surface area contributed by atoms with Crippen molar-refractivity contribution in [3.63, 3.8) is 0 Å². The number of nitrogens with one attached hydrogen (secondary N) is 1. The SMILES string of the molecule is CC(CNC(=O)C1(N)CCOC1)N(C)C. The van der Waals surface area contributed by atoms with E-state index in [1.807, 2.05) is 14.1 Å². The first kappa shape index (κ1) is 12.4. The Balaban J connectivity index is 2.35. The van der Waals surface area contributed by atoms with E-state index in [9.17, 15) is 4.79 Å². The molecule has 1 aliphatic heterocycles. The summed E-state index contributed by atoms with van der Waals surface area (Å²) in [5, 5.41) is 2.86. The van der Waals surface area contributed by atoms with Crippen LogP contribution in [0.25, 0.3) is 0 Å². The molecule has 1 aliphatic rings. The van der Waals surface area contributed by atoms with Gasteiger partial charge in [-0.2, -0.15) is 0 Å². The van der Waals surface area contributed by atoms with Gasteiger partial charge in [-0.25, -0.2) is 0 Å². The molecule has 0 aromatic heterocycles. The first-order valence-electron chi connectivity index (χ1n) is 5.27. The number of nitrogens with two attached hydrogens (primary N) is 1. The maximum Gasteiger partial charge on any atom is 0.242 e. The number of carbonyl (C=O) groups is 1. The Morgan fingerprint density at radius 1 is 1.67 bits per heavy atom. The van der Waals surface area contributed by atoms with E-state index in [4.69, 9.17) is 10.5 Å². The highest BCUT2D eigenvalue weighted by Gasteiger charge is 2.38. The number of likely N-dealkylation sites (N-methyl/N-ethyl adjacent to an activating group) is 1. The molecule has 1 fully saturated rings. The van der Waals surface area contributed by atoms with Crippen molar-refractivity contribution in [1.82, 2.24) is 10.2 Å². The fourth-order valence-electron chi connectivity index (χ4n) is 1.36. The molecule has 2 atom stereocenters. The summed E-state index contributed by atoms with van der Waals surface area (Å²) in [5.41, 5.74) is 5.10. The standard InChI is InChI=1S/C10H21N3O2/c1-8(13(2)3)6-12-9(14)10(11)4-5-15-7-10/h8H,4-7,11H2,1-3H3,(H,12,14). The van der Waals surface area contributed by atoms with Crippen LogP contribution in [-0.2, 0) is 9.53 Å². The van der Waals surface area contributed by atoms with Crippen LogP contribution in [0, 0.1) is 0 Å². The van der Waals surface area contributed by atoms with Crippen molar-refractivity contribution in [2.24, 2.45) is 5.73 Å². The van der Waals surface area contributed by atoms with Crippen LogP contribution in [0.15, 0.2) is 0 Å². The van der Waals surface area contributed by atoms with Gasteiger partial charge in [0.15, 0.2) is 0 Å². The number of carbonyl (C=O) groups excluding carboxylic acids is 1. The van der Waals surface area contributed by atoms with Crippen molar-refractivity contribution in [2.75, 3.05) is 33.9 Å². The van der Waals surface area contributed by atoms with E-state index in [1.165, 1.54) is 0 Å². The molecule has 5 nitrogen and oxygen atoms in total. The molecule has 0 aromatic rings. The lowest BCUT2D eigenvalue weighted by Crippen LogP contribution is -2.56. The van der Waals surface area contributed by atoms with Crippen molar-refractivity contribution in [1.29, 1.82) is 0 Å². The second-order valence-electron chi connectivity index (χ2n) is 4.48. The Morgan fingerprint density at radius 3 is 2.80 bits per heavy atom. The molecule has 88 valence electrons. The summed E-state index contributed by atoms with van der Waals surface area (Å²) in [6.07, 6.45) is 0.606. The minimum absolute atomic E-state index is 0.103. The van der Waals surface area contributed by atoms with Gasteiger partial charge >= 0.3 is 0 Å². The highest BCUT2D eigenvalue weighted by atomic mass is 16.5. The Kier molecular flexibility index (Phi) is 4.07. The third-order valence-corrected chi connectivity index (χ3v) is 2.94. The summed E-state index contributed by atoms with van der Waals surface area (Å²) in [6.45, 7) is 3.57. The minimum Gasteiger partial charge on any atom is -0.379 e. The summed E-state index contributed by atoms with van der Waals surface area (Å²) in [4.78, 5) is 13.8. The van der Waals surface area contributed by atoms with Gasteiger partial charge in [-0.15, -0.1) is 0 Å².